The fourth-order valence-electron chi connectivity index (χ4n) is 3.41. The van der Waals surface area contributed by atoms with Crippen molar-refractivity contribution in [1.82, 2.24) is 15.1 Å². The SMILES string of the molecule is CC1NC(C(C)C)N(C2CCN(C)CC2C)C1=O. The molecule has 2 rings (SSSR count). The molecule has 0 spiro atoms. The van der Waals surface area contributed by atoms with Crippen LogP contribution < -0.4 is 5.32 Å². The summed E-state index contributed by atoms with van der Waals surface area (Å²) in [5, 5.41) is 3.44. The van der Waals surface area contributed by atoms with Gasteiger partial charge in [-0.25, -0.2) is 0 Å². The van der Waals surface area contributed by atoms with Crippen LogP contribution in [0.1, 0.15) is 34.1 Å². The van der Waals surface area contributed by atoms with Crippen LogP contribution in [0.4, 0.5) is 0 Å². The Bertz CT molecular complexity index is 318. The van der Waals surface area contributed by atoms with Crippen LogP contribution in [-0.2, 0) is 4.79 Å². The van der Waals surface area contributed by atoms with Gasteiger partial charge in [-0.3, -0.25) is 10.1 Å². The summed E-state index contributed by atoms with van der Waals surface area (Å²) in [5.74, 6) is 1.31. The van der Waals surface area contributed by atoms with Crippen LogP contribution in [0.3, 0.4) is 0 Å². The third-order valence-electron chi connectivity index (χ3n) is 4.40. The van der Waals surface area contributed by atoms with Crippen molar-refractivity contribution in [3.63, 3.8) is 0 Å². The van der Waals surface area contributed by atoms with Crippen molar-refractivity contribution in [2.24, 2.45) is 11.8 Å². The van der Waals surface area contributed by atoms with Crippen LogP contribution in [0, 0.1) is 11.8 Å². The number of hydrogen-bond acceptors (Lipinski definition) is 3. The van der Waals surface area contributed by atoms with Gasteiger partial charge in [0.2, 0.25) is 5.91 Å². The molecule has 4 heteroatoms. The van der Waals surface area contributed by atoms with Crippen molar-refractivity contribution in [3.05, 3.63) is 0 Å². The summed E-state index contributed by atoms with van der Waals surface area (Å²) in [6.45, 7) is 10.8. The van der Waals surface area contributed by atoms with Crippen LogP contribution in [0.25, 0.3) is 0 Å². The first-order valence-corrected chi connectivity index (χ1v) is 7.18. The van der Waals surface area contributed by atoms with Gasteiger partial charge in [0.05, 0.1) is 12.2 Å². The van der Waals surface area contributed by atoms with Gasteiger partial charge in [-0.2, -0.15) is 0 Å². The van der Waals surface area contributed by atoms with Crippen molar-refractivity contribution < 1.29 is 4.79 Å². The normalized spacial score (nSPS) is 38.8. The van der Waals surface area contributed by atoms with Crippen LogP contribution in [0.5, 0.6) is 0 Å². The molecule has 4 atom stereocenters. The molecule has 0 radical (unpaired) electrons. The number of carbonyl (C=O) groups is 1. The minimum Gasteiger partial charge on any atom is -0.322 e. The van der Waals surface area contributed by atoms with Gasteiger partial charge in [-0.05, 0) is 38.8 Å². The molecule has 2 aliphatic heterocycles. The Morgan fingerprint density at radius 1 is 1.33 bits per heavy atom. The highest BCUT2D eigenvalue weighted by atomic mass is 16.2. The zero-order valence-corrected chi connectivity index (χ0v) is 12.3. The van der Waals surface area contributed by atoms with Crippen LogP contribution >= 0.6 is 0 Å². The zero-order chi connectivity index (χ0) is 13.4. The topological polar surface area (TPSA) is 35.6 Å². The second kappa shape index (κ2) is 5.17. The Balaban J connectivity index is 2.16. The number of nitrogens with zero attached hydrogens (tertiary/aromatic N) is 2. The van der Waals surface area contributed by atoms with Gasteiger partial charge in [-0.1, -0.05) is 20.8 Å². The molecule has 0 aromatic rings. The maximum atomic E-state index is 12.4. The van der Waals surface area contributed by atoms with Crippen LogP contribution in [0.15, 0.2) is 0 Å². The first kappa shape index (κ1) is 13.8. The molecule has 4 unspecified atom stereocenters. The van der Waals surface area contributed by atoms with Gasteiger partial charge in [0.25, 0.3) is 0 Å². The van der Waals surface area contributed by atoms with Crippen molar-refractivity contribution in [2.75, 3.05) is 20.1 Å². The van der Waals surface area contributed by atoms with E-state index in [4.69, 9.17) is 0 Å². The molecular formula is C14H27N3O. The third-order valence-corrected chi connectivity index (χ3v) is 4.40. The number of rotatable bonds is 2. The largest absolute Gasteiger partial charge is 0.322 e. The molecule has 2 saturated heterocycles. The van der Waals surface area contributed by atoms with Gasteiger partial charge < -0.3 is 9.80 Å². The van der Waals surface area contributed by atoms with Gasteiger partial charge >= 0.3 is 0 Å². The number of piperidine rings is 1. The number of likely N-dealkylation sites (tertiary alicyclic amines) is 1. The fourth-order valence-corrected chi connectivity index (χ4v) is 3.41. The second-order valence-electron chi connectivity index (χ2n) is 6.42. The lowest BCUT2D eigenvalue weighted by atomic mass is 9.91. The molecule has 2 aliphatic rings. The molecule has 104 valence electrons. The first-order chi connectivity index (χ1) is 8.41. The lowest BCUT2D eigenvalue weighted by Gasteiger charge is -2.43. The van der Waals surface area contributed by atoms with E-state index in [-0.39, 0.29) is 18.1 Å². The minimum atomic E-state index is -0.0238. The lowest BCUT2D eigenvalue weighted by Crippen LogP contribution is -2.54. The molecule has 4 nitrogen and oxygen atoms in total. The van der Waals surface area contributed by atoms with Crippen molar-refractivity contribution in [1.29, 1.82) is 0 Å². The minimum absolute atomic E-state index is 0.0238. The van der Waals surface area contributed by atoms with E-state index in [2.05, 4.69) is 42.9 Å². The van der Waals surface area contributed by atoms with Gasteiger partial charge in [-0.15, -0.1) is 0 Å². The van der Waals surface area contributed by atoms with Crippen LogP contribution in [-0.4, -0.2) is 54.1 Å². The summed E-state index contributed by atoms with van der Waals surface area (Å²) in [6, 6.07) is 0.378. The van der Waals surface area contributed by atoms with Gasteiger partial charge in [0.15, 0.2) is 0 Å². The van der Waals surface area contributed by atoms with Gasteiger partial charge in [0, 0.05) is 12.6 Å². The highest BCUT2D eigenvalue weighted by Crippen LogP contribution is 2.28. The predicted molar refractivity (Wildman–Crippen MR) is 73.1 cm³/mol. The van der Waals surface area contributed by atoms with Gasteiger partial charge in [0.1, 0.15) is 0 Å². The monoisotopic (exact) mass is 253 g/mol. The van der Waals surface area contributed by atoms with E-state index in [9.17, 15) is 4.79 Å². The number of amides is 1. The number of hydrogen-bond donors (Lipinski definition) is 1. The molecule has 1 N–H and O–H groups in total. The van der Waals surface area contributed by atoms with E-state index in [0.29, 0.717) is 17.9 Å². The van der Waals surface area contributed by atoms with E-state index in [1.807, 2.05) is 6.92 Å². The first-order valence-electron chi connectivity index (χ1n) is 7.18. The molecule has 0 bridgehead atoms. The molecule has 0 aromatic heterocycles. The average Bonchev–Trinajstić information content (AvgIpc) is 2.57. The second-order valence-corrected chi connectivity index (χ2v) is 6.42. The molecule has 2 heterocycles. The Morgan fingerprint density at radius 3 is 2.56 bits per heavy atom. The lowest BCUT2D eigenvalue weighted by molar-refractivity contribution is -0.135. The van der Waals surface area contributed by atoms with E-state index in [1.54, 1.807) is 0 Å². The molecule has 1 amide bonds. The highest BCUT2D eigenvalue weighted by Gasteiger charge is 2.44. The predicted octanol–water partition coefficient (Wildman–Crippen LogP) is 1.13. The zero-order valence-electron chi connectivity index (χ0n) is 12.3. The van der Waals surface area contributed by atoms with E-state index >= 15 is 0 Å². The maximum absolute atomic E-state index is 12.4. The Kier molecular flexibility index (Phi) is 3.97. The molecule has 18 heavy (non-hydrogen) atoms. The molecular weight excluding hydrogens is 226 g/mol. The summed E-state index contributed by atoms with van der Waals surface area (Å²) in [5.41, 5.74) is 0. The quantitative estimate of drug-likeness (QED) is 0.801. The van der Waals surface area contributed by atoms with E-state index < -0.39 is 0 Å². The van der Waals surface area contributed by atoms with E-state index in [0.717, 1.165) is 19.5 Å². The highest BCUT2D eigenvalue weighted by molar-refractivity contribution is 5.84. The fraction of sp³-hybridized carbons (Fsp3) is 0.929. The summed E-state index contributed by atoms with van der Waals surface area (Å²) in [7, 11) is 2.17. The smallest absolute Gasteiger partial charge is 0.240 e. The van der Waals surface area contributed by atoms with Crippen molar-refractivity contribution >= 4 is 5.91 Å². The van der Waals surface area contributed by atoms with E-state index in [1.165, 1.54) is 0 Å². The average molecular weight is 253 g/mol. The standard InChI is InChI=1S/C14H27N3O/c1-9(2)13-15-11(4)14(18)17(13)12-6-7-16(5)8-10(12)3/h9-13,15H,6-8H2,1-5H3. The summed E-state index contributed by atoms with van der Waals surface area (Å²) < 4.78 is 0. The summed E-state index contributed by atoms with van der Waals surface area (Å²) in [4.78, 5) is 16.9. The Hall–Kier alpha value is -0.610. The number of nitrogens with one attached hydrogen (secondary N) is 1. The molecule has 0 aliphatic carbocycles. The Labute approximate surface area is 111 Å². The maximum Gasteiger partial charge on any atom is 0.240 e. The van der Waals surface area contributed by atoms with Crippen LogP contribution in [0.2, 0.25) is 0 Å². The number of carbonyl (C=O) groups excluding carboxylic acids is 1. The summed E-state index contributed by atoms with van der Waals surface area (Å²) in [6.07, 6.45) is 1.31. The summed E-state index contributed by atoms with van der Waals surface area (Å²) >= 11 is 0. The molecule has 0 aromatic carbocycles. The van der Waals surface area contributed by atoms with Crippen molar-refractivity contribution in [3.8, 4) is 0 Å². The van der Waals surface area contributed by atoms with Crippen molar-refractivity contribution in [2.45, 2.75) is 52.4 Å². The molecule has 2 fully saturated rings. The Morgan fingerprint density at radius 2 is 2.00 bits per heavy atom. The molecule has 0 saturated carbocycles. The third kappa shape index (κ3) is 2.41.